The SMILES string of the molecule is COC(=O)c1cccc(Cn2ccsc2=N)c1. The second-order valence-corrected chi connectivity index (χ2v) is 4.42. The van der Waals surface area contributed by atoms with Gasteiger partial charge in [-0.15, -0.1) is 11.3 Å². The molecule has 0 bridgehead atoms. The number of rotatable bonds is 3. The molecule has 17 heavy (non-hydrogen) atoms. The summed E-state index contributed by atoms with van der Waals surface area (Å²) >= 11 is 1.38. The molecule has 1 aromatic carbocycles. The molecule has 0 amide bonds. The Bertz CT molecular complexity index is 586. The summed E-state index contributed by atoms with van der Waals surface area (Å²) in [5.74, 6) is -0.340. The number of thiazole rings is 1. The fraction of sp³-hybridized carbons (Fsp3) is 0.167. The smallest absolute Gasteiger partial charge is 0.337 e. The molecule has 5 heteroatoms. The summed E-state index contributed by atoms with van der Waals surface area (Å²) in [5.41, 5.74) is 1.51. The van der Waals surface area contributed by atoms with Gasteiger partial charge >= 0.3 is 5.97 Å². The van der Waals surface area contributed by atoms with Crippen molar-refractivity contribution >= 4 is 17.3 Å². The van der Waals surface area contributed by atoms with Crippen molar-refractivity contribution in [3.05, 3.63) is 51.8 Å². The molecule has 0 spiro atoms. The Morgan fingerprint density at radius 1 is 1.53 bits per heavy atom. The van der Waals surface area contributed by atoms with Gasteiger partial charge in [-0.3, -0.25) is 5.41 Å². The van der Waals surface area contributed by atoms with E-state index in [9.17, 15) is 4.79 Å². The number of nitrogens with one attached hydrogen (secondary N) is 1. The number of carbonyl (C=O) groups excluding carboxylic acids is 1. The van der Waals surface area contributed by atoms with Gasteiger partial charge < -0.3 is 9.30 Å². The van der Waals surface area contributed by atoms with Crippen molar-refractivity contribution < 1.29 is 9.53 Å². The third-order valence-electron chi connectivity index (χ3n) is 2.38. The minimum absolute atomic E-state index is 0.340. The first-order valence-corrected chi connectivity index (χ1v) is 5.94. The Labute approximate surface area is 103 Å². The molecule has 4 nitrogen and oxygen atoms in total. The topological polar surface area (TPSA) is 55.1 Å². The number of ether oxygens (including phenoxy) is 1. The van der Waals surface area contributed by atoms with E-state index in [2.05, 4.69) is 4.74 Å². The Morgan fingerprint density at radius 2 is 2.35 bits per heavy atom. The Kier molecular flexibility index (Phi) is 3.39. The zero-order valence-corrected chi connectivity index (χ0v) is 10.2. The van der Waals surface area contributed by atoms with Crippen molar-refractivity contribution in [1.82, 2.24) is 4.57 Å². The van der Waals surface area contributed by atoms with E-state index >= 15 is 0 Å². The number of esters is 1. The summed E-state index contributed by atoms with van der Waals surface area (Å²) < 4.78 is 6.49. The normalized spacial score (nSPS) is 10.2. The van der Waals surface area contributed by atoms with Gasteiger partial charge in [0.1, 0.15) is 0 Å². The Hall–Kier alpha value is -1.88. The third kappa shape index (κ3) is 2.62. The van der Waals surface area contributed by atoms with Crippen LogP contribution in [0.4, 0.5) is 0 Å². The highest BCUT2D eigenvalue weighted by molar-refractivity contribution is 7.06. The second kappa shape index (κ2) is 4.97. The van der Waals surface area contributed by atoms with E-state index in [1.165, 1.54) is 18.4 Å². The first-order valence-electron chi connectivity index (χ1n) is 5.06. The number of methoxy groups -OCH3 is 1. The molecule has 1 heterocycles. The fourth-order valence-electron chi connectivity index (χ4n) is 1.54. The molecular formula is C12H12N2O2S. The molecule has 1 aromatic heterocycles. The summed E-state index contributed by atoms with van der Waals surface area (Å²) in [6.45, 7) is 0.590. The highest BCUT2D eigenvalue weighted by atomic mass is 32.1. The number of aromatic nitrogens is 1. The van der Waals surface area contributed by atoms with E-state index in [4.69, 9.17) is 5.41 Å². The van der Waals surface area contributed by atoms with Crippen LogP contribution in [0.2, 0.25) is 0 Å². The fourth-order valence-corrected chi connectivity index (χ4v) is 2.14. The van der Waals surface area contributed by atoms with Crippen molar-refractivity contribution in [1.29, 1.82) is 5.41 Å². The largest absolute Gasteiger partial charge is 0.465 e. The zero-order valence-electron chi connectivity index (χ0n) is 9.34. The summed E-state index contributed by atoms with van der Waals surface area (Å²) in [6, 6.07) is 7.25. The maximum Gasteiger partial charge on any atom is 0.337 e. The summed E-state index contributed by atoms with van der Waals surface area (Å²) in [5, 5.41) is 9.53. The number of benzene rings is 1. The molecule has 1 N–H and O–H groups in total. The lowest BCUT2D eigenvalue weighted by atomic mass is 10.1. The van der Waals surface area contributed by atoms with Crippen LogP contribution in [-0.4, -0.2) is 17.6 Å². The minimum Gasteiger partial charge on any atom is -0.465 e. The molecule has 0 aliphatic rings. The predicted molar refractivity (Wildman–Crippen MR) is 65.0 cm³/mol. The van der Waals surface area contributed by atoms with Crippen molar-refractivity contribution in [2.24, 2.45) is 0 Å². The molecule has 0 aliphatic heterocycles. The number of hydrogen-bond donors (Lipinski definition) is 1. The molecule has 2 aromatic rings. The first kappa shape index (κ1) is 11.6. The average Bonchev–Trinajstić information content (AvgIpc) is 2.74. The monoisotopic (exact) mass is 248 g/mol. The molecule has 0 saturated carbocycles. The lowest BCUT2D eigenvalue weighted by Gasteiger charge is -2.05. The van der Waals surface area contributed by atoms with E-state index in [1.54, 1.807) is 12.1 Å². The van der Waals surface area contributed by atoms with E-state index in [-0.39, 0.29) is 5.97 Å². The van der Waals surface area contributed by atoms with Crippen LogP contribution in [-0.2, 0) is 11.3 Å². The van der Waals surface area contributed by atoms with Crippen LogP contribution < -0.4 is 4.80 Å². The highest BCUT2D eigenvalue weighted by Crippen LogP contribution is 2.08. The van der Waals surface area contributed by atoms with Crippen LogP contribution in [0.15, 0.2) is 35.8 Å². The molecule has 0 aliphatic carbocycles. The zero-order chi connectivity index (χ0) is 12.3. The van der Waals surface area contributed by atoms with Gasteiger partial charge in [-0.25, -0.2) is 4.79 Å². The van der Waals surface area contributed by atoms with Crippen LogP contribution in [0.25, 0.3) is 0 Å². The second-order valence-electron chi connectivity index (χ2n) is 3.53. The summed E-state index contributed by atoms with van der Waals surface area (Å²) in [7, 11) is 1.37. The number of nitrogens with zero attached hydrogens (tertiary/aromatic N) is 1. The van der Waals surface area contributed by atoms with E-state index in [0.29, 0.717) is 16.9 Å². The molecule has 88 valence electrons. The van der Waals surface area contributed by atoms with E-state index in [1.807, 2.05) is 28.3 Å². The molecule has 2 rings (SSSR count). The Balaban J connectivity index is 2.25. The maximum atomic E-state index is 11.4. The lowest BCUT2D eigenvalue weighted by molar-refractivity contribution is 0.0600. The maximum absolute atomic E-state index is 11.4. The van der Waals surface area contributed by atoms with Crippen molar-refractivity contribution in [2.75, 3.05) is 7.11 Å². The van der Waals surface area contributed by atoms with Crippen LogP contribution in [0.3, 0.4) is 0 Å². The summed E-state index contributed by atoms with van der Waals surface area (Å²) in [6.07, 6.45) is 1.86. The van der Waals surface area contributed by atoms with E-state index in [0.717, 1.165) is 5.56 Å². The average molecular weight is 248 g/mol. The van der Waals surface area contributed by atoms with Crippen molar-refractivity contribution in [2.45, 2.75) is 6.54 Å². The molecule has 0 radical (unpaired) electrons. The third-order valence-corrected chi connectivity index (χ3v) is 3.10. The van der Waals surface area contributed by atoms with Crippen LogP contribution in [0, 0.1) is 5.41 Å². The van der Waals surface area contributed by atoms with Crippen LogP contribution >= 0.6 is 11.3 Å². The molecular weight excluding hydrogens is 236 g/mol. The van der Waals surface area contributed by atoms with Gasteiger partial charge in [0.25, 0.3) is 0 Å². The van der Waals surface area contributed by atoms with Gasteiger partial charge in [0.05, 0.1) is 12.7 Å². The van der Waals surface area contributed by atoms with Crippen LogP contribution in [0.1, 0.15) is 15.9 Å². The van der Waals surface area contributed by atoms with Gasteiger partial charge in [-0.1, -0.05) is 12.1 Å². The van der Waals surface area contributed by atoms with Gasteiger partial charge in [0, 0.05) is 18.1 Å². The van der Waals surface area contributed by atoms with Crippen molar-refractivity contribution in [3.8, 4) is 0 Å². The summed E-state index contributed by atoms with van der Waals surface area (Å²) in [4.78, 5) is 11.9. The number of carbonyl (C=O) groups is 1. The quantitative estimate of drug-likeness (QED) is 0.843. The van der Waals surface area contributed by atoms with E-state index < -0.39 is 0 Å². The minimum atomic E-state index is -0.340. The van der Waals surface area contributed by atoms with Crippen molar-refractivity contribution in [3.63, 3.8) is 0 Å². The molecule has 0 saturated heterocycles. The Morgan fingerprint density at radius 3 is 3.00 bits per heavy atom. The van der Waals surface area contributed by atoms with Gasteiger partial charge in [0.2, 0.25) is 0 Å². The highest BCUT2D eigenvalue weighted by Gasteiger charge is 2.05. The van der Waals surface area contributed by atoms with Gasteiger partial charge in [-0.05, 0) is 17.7 Å². The molecule has 0 fully saturated rings. The number of hydrogen-bond acceptors (Lipinski definition) is 4. The first-order chi connectivity index (χ1) is 8.20. The predicted octanol–water partition coefficient (Wildman–Crippen LogP) is 1.86. The van der Waals surface area contributed by atoms with Gasteiger partial charge in [-0.2, -0.15) is 0 Å². The molecule has 0 atom stereocenters. The standard InChI is InChI=1S/C12H12N2O2S/c1-16-11(15)10-4-2-3-9(7-10)8-14-5-6-17-12(14)13/h2-7,13H,8H2,1H3. The molecule has 0 unspecified atom stereocenters. The van der Waals surface area contributed by atoms with Gasteiger partial charge in [0.15, 0.2) is 4.80 Å². The van der Waals surface area contributed by atoms with Crippen LogP contribution in [0.5, 0.6) is 0 Å². The lowest BCUT2D eigenvalue weighted by Crippen LogP contribution is -2.13.